The second kappa shape index (κ2) is 8.99. The fraction of sp³-hybridized carbons (Fsp3) is 0.381. The van der Waals surface area contributed by atoms with Crippen LogP contribution in [0.25, 0.3) is 0 Å². The van der Waals surface area contributed by atoms with E-state index in [-0.39, 0.29) is 47.8 Å². The van der Waals surface area contributed by atoms with Gasteiger partial charge in [-0.3, -0.25) is 4.79 Å². The Hall–Kier alpha value is -2.40. The van der Waals surface area contributed by atoms with Crippen molar-refractivity contribution in [2.75, 3.05) is 13.1 Å². The standard InChI is InChI=1S/C21H24F2N4O3S/c22-16-4-6-18(7-5-16)31(29,30)27-10-8-14(9-11-27)21(28)24-20-13-19(25-26-20)15-2-1-3-17(23)12-15/h1-7,12,14,19-20,25-26H,8-11,13H2,(H,24,28). The van der Waals surface area contributed by atoms with E-state index in [1.54, 1.807) is 6.07 Å². The molecule has 0 bridgehead atoms. The molecule has 31 heavy (non-hydrogen) atoms. The molecule has 2 aromatic carbocycles. The van der Waals surface area contributed by atoms with Crippen LogP contribution in [-0.2, 0) is 14.8 Å². The highest BCUT2D eigenvalue weighted by atomic mass is 32.2. The summed E-state index contributed by atoms with van der Waals surface area (Å²) in [6.07, 6.45) is 1.06. The average molecular weight is 451 g/mol. The number of piperidine rings is 1. The van der Waals surface area contributed by atoms with Crippen molar-refractivity contribution in [2.45, 2.75) is 36.4 Å². The summed E-state index contributed by atoms with van der Waals surface area (Å²) in [6, 6.07) is 10.9. The van der Waals surface area contributed by atoms with E-state index >= 15 is 0 Å². The van der Waals surface area contributed by atoms with Crippen LogP contribution in [0, 0.1) is 17.6 Å². The average Bonchev–Trinajstić information content (AvgIpc) is 3.23. The van der Waals surface area contributed by atoms with Crippen LogP contribution in [0.1, 0.15) is 30.9 Å². The van der Waals surface area contributed by atoms with Crippen LogP contribution in [0.4, 0.5) is 8.78 Å². The van der Waals surface area contributed by atoms with Crippen LogP contribution >= 0.6 is 0 Å². The molecule has 0 spiro atoms. The fourth-order valence-electron chi connectivity index (χ4n) is 4.00. The number of hydrazine groups is 1. The lowest BCUT2D eigenvalue weighted by Crippen LogP contribution is -2.49. The summed E-state index contributed by atoms with van der Waals surface area (Å²) in [5.41, 5.74) is 6.87. The van der Waals surface area contributed by atoms with Gasteiger partial charge in [-0.2, -0.15) is 4.31 Å². The summed E-state index contributed by atoms with van der Waals surface area (Å²) in [5.74, 6) is -1.24. The van der Waals surface area contributed by atoms with Crippen LogP contribution in [0.2, 0.25) is 0 Å². The molecule has 2 aliphatic rings. The monoisotopic (exact) mass is 450 g/mol. The van der Waals surface area contributed by atoms with E-state index in [0.717, 1.165) is 17.7 Å². The van der Waals surface area contributed by atoms with Gasteiger partial charge in [0, 0.05) is 31.5 Å². The summed E-state index contributed by atoms with van der Waals surface area (Å²) in [4.78, 5) is 12.7. The van der Waals surface area contributed by atoms with E-state index in [0.29, 0.717) is 19.3 Å². The number of rotatable bonds is 5. The number of nitrogens with zero attached hydrogens (tertiary/aromatic N) is 1. The third-order valence-electron chi connectivity index (χ3n) is 5.75. The Balaban J connectivity index is 1.29. The molecule has 2 heterocycles. The Labute approximate surface area is 179 Å². The highest BCUT2D eigenvalue weighted by Gasteiger charge is 2.34. The Morgan fingerprint density at radius 1 is 1.00 bits per heavy atom. The molecule has 3 N–H and O–H groups in total. The number of sulfonamides is 1. The Bertz CT molecular complexity index is 1040. The third-order valence-corrected chi connectivity index (χ3v) is 7.66. The highest BCUT2D eigenvalue weighted by Crippen LogP contribution is 2.26. The van der Waals surface area contributed by atoms with Crippen molar-refractivity contribution in [3.63, 3.8) is 0 Å². The Morgan fingerprint density at radius 2 is 1.71 bits per heavy atom. The van der Waals surface area contributed by atoms with Crippen LogP contribution in [0.15, 0.2) is 53.4 Å². The van der Waals surface area contributed by atoms with Crippen molar-refractivity contribution in [1.82, 2.24) is 20.5 Å². The summed E-state index contributed by atoms with van der Waals surface area (Å²) in [7, 11) is -3.71. The van der Waals surface area contributed by atoms with Crippen LogP contribution < -0.4 is 16.2 Å². The van der Waals surface area contributed by atoms with Crippen molar-refractivity contribution < 1.29 is 22.0 Å². The Kier molecular flexibility index (Phi) is 6.33. The first kappa shape index (κ1) is 21.8. The zero-order chi connectivity index (χ0) is 22.0. The van der Waals surface area contributed by atoms with Gasteiger partial charge in [0.2, 0.25) is 15.9 Å². The summed E-state index contributed by atoms with van der Waals surface area (Å²) in [6.45, 7) is 0.445. The largest absolute Gasteiger partial charge is 0.339 e. The van der Waals surface area contributed by atoms with Crippen molar-refractivity contribution in [1.29, 1.82) is 0 Å². The van der Waals surface area contributed by atoms with E-state index in [9.17, 15) is 22.0 Å². The van der Waals surface area contributed by atoms with Gasteiger partial charge in [0.05, 0.1) is 11.1 Å². The molecule has 0 saturated carbocycles. The number of hydrogen-bond acceptors (Lipinski definition) is 5. The number of carbonyl (C=O) groups is 1. The van der Waals surface area contributed by atoms with Crippen molar-refractivity contribution in [3.05, 3.63) is 65.7 Å². The molecule has 0 aromatic heterocycles. The molecule has 1 amide bonds. The van der Waals surface area contributed by atoms with Crippen LogP contribution in [-0.4, -0.2) is 37.9 Å². The molecule has 10 heteroatoms. The second-order valence-electron chi connectivity index (χ2n) is 7.83. The number of amides is 1. The zero-order valence-corrected chi connectivity index (χ0v) is 17.5. The van der Waals surface area contributed by atoms with Gasteiger partial charge in [0.25, 0.3) is 0 Å². The molecule has 2 aliphatic heterocycles. The van der Waals surface area contributed by atoms with Crippen molar-refractivity contribution in [3.8, 4) is 0 Å². The second-order valence-corrected chi connectivity index (χ2v) is 9.76. The minimum Gasteiger partial charge on any atom is -0.339 e. The van der Waals surface area contributed by atoms with Gasteiger partial charge >= 0.3 is 0 Å². The van der Waals surface area contributed by atoms with Gasteiger partial charge in [-0.05, 0) is 54.8 Å². The van der Waals surface area contributed by atoms with Crippen LogP contribution in [0.5, 0.6) is 0 Å². The van der Waals surface area contributed by atoms with E-state index in [4.69, 9.17) is 0 Å². The maximum Gasteiger partial charge on any atom is 0.243 e. The molecular weight excluding hydrogens is 426 g/mol. The van der Waals surface area contributed by atoms with Gasteiger partial charge in [0.15, 0.2) is 0 Å². The number of carbonyl (C=O) groups excluding carboxylic acids is 1. The first-order chi connectivity index (χ1) is 14.8. The fourth-order valence-corrected chi connectivity index (χ4v) is 5.47. The van der Waals surface area contributed by atoms with Crippen molar-refractivity contribution >= 4 is 15.9 Å². The SMILES string of the molecule is O=C(NC1CC(c2cccc(F)c2)NN1)C1CCN(S(=O)(=O)c2ccc(F)cc2)CC1. The third kappa shape index (κ3) is 4.93. The van der Waals surface area contributed by atoms with Gasteiger partial charge < -0.3 is 5.32 Å². The maximum atomic E-state index is 13.4. The Morgan fingerprint density at radius 3 is 2.39 bits per heavy atom. The van der Waals surface area contributed by atoms with Gasteiger partial charge in [-0.1, -0.05) is 12.1 Å². The highest BCUT2D eigenvalue weighted by molar-refractivity contribution is 7.89. The predicted octanol–water partition coefficient (Wildman–Crippen LogP) is 2.05. The number of benzene rings is 2. The zero-order valence-electron chi connectivity index (χ0n) is 16.7. The lowest BCUT2D eigenvalue weighted by Gasteiger charge is -2.31. The minimum absolute atomic E-state index is 0.0430. The minimum atomic E-state index is -3.71. The molecule has 2 saturated heterocycles. The maximum absolute atomic E-state index is 13.4. The smallest absolute Gasteiger partial charge is 0.243 e. The van der Waals surface area contributed by atoms with Gasteiger partial charge in [-0.25, -0.2) is 28.1 Å². The predicted molar refractivity (Wildman–Crippen MR) is 110 cm³/mol. The summed E-state index contributed by atoms with van der Waals surface area (Å²) < 4.78 is 53.3. The first-order valence-electron chi connectivity index (χ1n) is 10.2. The molecule has 2 aromatic rings. The molecule has 166 valence electrons. The molecule has 2 fully saturated rings. The molecule has 2 atom stereocenters. The van der Waals surface area contributed by atoms with Crippen LogP contribution in [0.3, 0.4) is 0 Å². The van der Waals surface area contributed by atoms with E-state index in [2.05, 4.69) is 16.2 Å². The first-order valence-corrected chi connectivity index (χ1v) is 11.6. The number of halogens is 2. The molecule has 4 rings (SSSR count). The van der Waals surface area contributed by atoms with E-state index < -0.39 is 15.8 Å². The lowest BCUT2D eigenvalue weighted by molar-refractivity contribution is -0.127. The van der Waals surface area contributed by atoms with E-state index in [1.807, 2.05) is 6.07 Å². The summed E-state index contributed by atoms with van der Waals surface area (Å²) in [5, 5.41) is 2.94. The molecular formula is C21H24F2N4O3S. The normalized spacial score (nSPS) is 23.0. The lowest BCUT2D eigenvalue weighted by atomic mass is 9.97. The molecule has 0 aliphatic carbocycles. The molecule has 2 unspecified atom stereocenters. The number of hydrogen-bond donors (Lipinski definition) is 3. The number of nitrogens with one attached hydrogen (secondary N) is 3. The topological polar surface area (TPSA) is 90.5 Å². The van der Waals surface area contributed by atoms with Gasteiger partial charge in [0.1, 0.15) is 11.6 Å². The van der Waals surface area contributed by atoms with Gasteiger partial charge in [-0.15, -0.1) is 0 Å². The molecule has 0 radical (unpaired) electrons. The summed E-state index contributed by atoms with van der Waals surface area (Å²) >= 11 is 0. The quantitative estimate of drug-likeness (QED) is 0.649. The molecule has 7 nitrogen and oxygen atoms in total. The van der Waals surface area contributed by atoms with E-state index in [1.165, 1.54) is 28.6 Å². The van der Waals surface area contributed by atoms with Crippen molar-refractivity contribution in [2.24, 2.45) is 5.92 Å².